The summed E-state index contributed by atoms with van der Waals surface area (Å²) in [6.45, 7) is 9.19. The predicted molar refractivity (Wildman–Crippen MR) is 132 cm³/mol. The van der Waals surface area contributed by atoms with E-state index in [1.54, 1.807) is 33.9 Å². The lowest BCUT2D eigenvalue weighted by Gasteiger charge is -2.34. The standard InChI is InChI=1S/C27H33N3O4/c1-27(2,3)25(32)22-23(20-8-6-7-9-21(20)34-5)30(26(33)24(22)31)19-12-10-18(11-13-19)29-16-14-28(4)15-17-29/h6-13,22-23H,14-17H2,1-5H3. The van der Waals surface area contributed by atoms with Gasteiger partial charge in [-0.25, -0.2) is 0 Å². The lowest BCUT2D eigenvalue weighted by atomic mass is 9.77. The van der Waals surface area contributed by atoms with Gasteiger partial charge in [-0.05, 0) is 37.4 Å². The number of amides is 1. The monoisotopic (exact) mass is 463 g/mol. The van der Waals surface area contributed by atoms with Crippen LogP contribution in [0.2, 0.25) is 0 Å². The zero-order chi connectivity index (χ0) is 24.6. The molecule has 0 aliphatic carbocycles. The number of carbonyl (C=O) groups excluding carboxylic acids is 3. The molecule has 2 aromatic carbocycles. The molecule has 2 aliphatic rings. The Bertz CT molecular complexity index is 1080. The summed E-state index contributed by atoms with van der Waals surface area (Å²) >= 11 is 0. The third-order valence-electron chi connectivity index (χ3n) is 6.78. The number of para-hydroxylation sites is 1. The van der Waals surface area contributed by atoms with E-state index in [1.165, 1.54) is 4.90 Å². The Morgan fingerprint density at radius 3 is 2.09 bits per heavy atom. The zero-order valence-corrected chi connectivity index (χ0v) is 20.6. The molecule has 0 spiro atoms. The van der Waals surface area contributed by atoms with Crippen LogP contribution in [0.15, 0.2) is 48.5 Å². The fraction of sp³-hybridized carbons (Fsp3) is 0.444. The minimum atomic E-state index is -1.10. The van der Waals surface area contributed by atoms with Gasteiger partial charge in [-0.15, -0.1) is 0 Å². The normalized spacial score (nSPS) is 21.8. The number of rotatable bonds is 5. The Morgan fingerprint density at radius 1 is 0.912 bits per heavy atom. The predicted octanol–water partition coefficient (Wildman–Crippen LogP) is 3.34. The van der Waals surface area contributed by atoms with E-state index < -0.39 is 29.1 Å². The molecule has 2 atom stereocenters. The highest BCUT2D eigenvalue weighted by atomic mass is 16.5. The maximum Gasteiger partial charge on any atom is 0.295 e. The smallest absolute Gasteiger partial charge is 0.295 e. The molecule has 0 radical (unpaired) electrons. The lowest BCUT2D eigenvalue weighted by molar-refractivity contribution is -0.141. The number of benzene rings is 2. The number of anilines is 2. The average Bonchev–Trinajstić information content (AvgIpc) is 3.08. The largest absolute Gasteiger partial charge is 0.496 e. The maximum absolute atomic E-state index is 13.4. The summed E-state index contributed by atoms with van der Waals surface area (Å²) in [6.07, 6.45) is 0. The molecule has 1 amide bonds. The van der Waals surface area contributed by atoms with Gasteiger partial charge in [0, 0.05) is 48.5 Å². The molecule has 2 fully saturated rings. The van der Waals surface area contributed by atoms with Gasteiger partial charge in [0.15, 0.2) is 5.78 Å². The SMILES string of the molecule is COc1ccccc1C1C(C(=O)C(C)(C)C)C(=O)C(=O)N1c1ccc(N2CCN(C)CC2)cc1. The van der Waals surface area contributed by atoms with Gasteiger partial charge in [0.2, 0.25) is 5.78 Å². The summed E-state index contributed by atoms with van der Waals surface area (Å²) in [6, 6.07) is 14.2. The second-order valence-electron chi connectivity index (χ2n) is 10.1. The van der Waals surface area contributed by atoms with E-state index in [0.717, 1.165) is 31.9 Å². The first kappa shape index (κ1) is 24.0. The highest BCUT2D eigenvalue weighted by Gasteiger charge is 2.54. The molecule has 0 bridgehead atoms. The van der Waals surface area contributed by atoms with Crippen LogP contribution in [-0.4, -0.2) is 62.7 Å². The van der Waals surface area contributed by atoms with Gasteiger partial charge in [0.25, 0.3) is 5.91 Å². The number of nitrogens with zero attached hydrogens (tertiary/aromatic N) is 3. The summed E-state index contributed by atoms with van der Waals surface area (Å²) < 4.78 is 5.56. The van der Waals surface area contributed by atoms with Crippen LogP contribution in [0.4, 0.5) is 11.4 Å². The van der Waals surface area contributed by atoms with Gasteiger partial charge in [-0.1, -0.05) is 39.0 Å². The van der Waals surface area contributed by atoms with Crippen LogP contribution in [0.1, 0.15) is 32.4 Å². The van der Waals surface area contributed by atoms with Crippen LogP contribution in [0.3, 0.4) is 0 Å². The Labute approximate surface area is 201 Å². The molecule has 2 unspecified atom stereocenters. The van der Waals surface area contributed by atoms with Crippen molar-refractivity contribution in [2.24, 2.45) is 11.3 Å². The first-order valence-corrected chi connectivity index (χ1v) is 11.7. The van der Waals surface area contributed by atoms with E-state index in [1.807, 2.05) is 42.5 Å². The molecular weight excluding hydrogens is 430 g/mol. The van der Waals surface area contributed by atoms with Crippen LogP contribution < -0.4 is 14.5 Å². The van der Waals surface area contributed by atoms with Crippen molar-refractivity contribution in [3.8, 4) is 5.75 Å². The fourth-order valence-electron chi connectivity index (χ4n) is 4.80. The van der Waals surface area contributed by atoms with Crippen molar-refractivity contribution in [3.63, 3.8) is 0 Å². The second-order valence-corrected chi connectivity index (χ2v) is 10.1. The summed E-state index contributed by atoms with van der Waals surface area (Å²) in [4.78, 5) is 46.1. The molecule has 2 heterocycles. The molecule has 7 nitrogen and oxygen atoms in total. The van der Waals surface area contributed by atoms with Gasteiger partial charge in [-0.3, -0.25) is 19.3 Å². The van der Waals surface area contributed by atoms with Crippen molar-refractivity contribution >= 4 is 28.8 Å². The van der Waals surface area contributed by atoms with Crippen molar-refractivity contribution in [1.29, 1.82) is 0 Å². The molecule has 4 rings (SSSR count). The van der Waals surface area contributed by atoms with Crippen molar-refractivity contribution in [3.05, 3.63) is 54.1 Å². The third kappa shape index (κ3) is 4.32. The molecule has 180 valence electrons. The summed E-state index contributed by atoms with van der Waals surface area (Å²) in [5.41, 5.74) is 1.54. The molecule has 0 saturated carbocycles. The van der Waals surface area contributed by atoms with E-state index >= 15 is 0 Å². The van der Waals surface area contributed by atoms with E-state index in [4.69, 9.17) is 4.74 Å². The third-order valence-corrected chi connectivity index (χ3v) is 6.78. The van der Waals surface area contributed by atoms with Crippen molar-refractivity contribution in [2.45, 2.75) is 26.8 Å². The Balaban J connectivity index is 1.76. The lowest BCUT2D eigenvalue weighted by Crippen LogP contribution is -2.44. The molecule has 2 saturated heterocycles. The van der Waals surface area contributed by atoms with Gasteiger partial charge in [0.05, 0.1) is 13.2 Å². The van der Waals surface area contributed by atoms with Crippen LogP contribution >= 0.6 is 0 Å². The first-order chi connectivity index (χ1) is 16.1. The topological polar surface area (TPSA) is 70.2 Å². The van der Waals surface area contributed by atoms with Crippen LogP contribution in [0.5, 0.6) is 5.75 Å². The van der Waals surface area contributed by atoms with Gasteiger partial charge < -0.3 is 14.5 Å². The number of methoxy groups -OCH3 is 1. The highest BCUT2D eigenvalue weighted by molar-refractivity contribution is 6.48. The van der Waals surface area contributed by atoms with E-state index in [0.29, 0.717) is 17.0 Å². The molecule has 2 aromatic rings. The number of hydrogen-bond donors (Lipinski definition) is 0. The Morgan fingerprint density at radius 2 is 1.50 bits per heavy atom. The fourth-order valence-corrected chi connectivity index (χ4v) is 4.80. The Kier molecular flexibility index (Phi) is 6.49. The van der Waals surface area contributed by atoms with Crippen molar-refractivity contribution in [2.75, 3.05) is 50.1 Å². The minimum absolute atomic E-state index is 0.252. The second kappa shape index (κ2) is 9.22. The number of piperazine rings is 1. The molecule has 34 heavy (non-hydrogen) atoms. The van der Waals surface area contributed by atoms with Crippen LogP contribution in [0, 0.1) is 11.3 Å². The Hall–Kier alpha value is -3.19. The van der Waals surface area contributed by atoms with Crippen molar-refractivity contribution in [1.82, 2.24) is 4.90 Å². The van der Waals surface area contributed by atoms with Crippen molar-refractivity contribution < 1.29 is 19.1 Å². The quantitative estimate of drug-likeness (QED) is 0.500. The summed E-state index contributed by atoms with van der Waals surface area (Å²) in [5.74, 6) is -2.13. The summed E-state index contributed by atoms with van der Waals surface area (Å²) in [5, 5.41) is 0. The van der Waals surface area contributed by atoms with Gasteiger partial charge >= 0.3 is 0 Å². The minimum Gasteiger partial charge on any atom is -0.496 e. The zero-order valence-electron chi connectivity index (χ0n) is 20.6. The van der Waals surface area contributed by atoms with Gasteiger partial charge in [-0.2, -0.15) is 0 Å². The number of Topliss-reactive ketones (excluding diaryl/α,β-unsaturated/α-hetero) is 2. The molecule has 7 heteroatoms. The van der Waals surface area contributed by atoms with Gasteiger partial charge in [0.1, 0.15) is 11.7 Å². The number of hydrogen-bond acceptors (Lipinski definition) is 6. The van der Waals surface area contributed by atoms with Crippen LogP contribution in [0.25, 0.3) is 0 Å². The number of likely N-dealkylation sites (N-methyl/N-ethyl adjacent to an activating group) is 1. The van der Waals surface area contributed by atoms with E-state index in [-0.39, 0.29) is 5.78 Å². The number of carbonyl (C=O) groups is 3. The van der Waals surface area contributed by atoms with E-state index in [9.17, 15) is 14.4 Å². The van der Waals surface area contributed by atoms with E-state index in [2.05, 4.69) is 16.8 Å². The summed E-state index contributed by atoms with van der Waals surface area (Å²) in [7, 11) is 3.66. The average molecular weight is 464 g/mol. The van der Waals surface area contributed by atoms with Crippen LogP contribution in [-0.2, 0) is 14.4 Å². The number of ketones is 2. The molecule has 0 N–H and O–H groups in total. The molecular formula is C27H33N3O4. The maximum atomic E-state index is 13.4. The first-order valence-electron chi connectivity index (χ1n) is 11.7. The number of ether oxygens (including phenoxy) is 1. The highest BCUT2D eigenvalue weighted by Crippen LogP contribution is 2.45. The molecule has 0 aromatic heterocycles. The molecule has 2 aliphatic heterocycles.